The van der Waals surface area contributed by atoms with Crippen LogP contribution in [0, 0.1) is 23.2 Å². The highest BCUT2D eigenvalue weighted by Crippen LogP contribution is 2.31. The standard InChI is InChI=1S/C13H17N3O3S/c14-7-12-13(5-2-6-15-12)20(18,19)16-8-10-3-1-4-11(10)9-17/h2,5-6,10-11,16-17H,1,3-4,8-9H2. The average molecular weight is 295 g/mol. The smallest absolute Gasteiger partial charge is 0.243 e. The van der Waals surface area contributed by atoms with Crippen LogP contribution in [-0.4, -0.2) is 31.7 Å². The summed E-state index contributed by atoms with van der Waals surface area (Å²) in [6.07, 6.45) is 4.23. The molecule has 1 saturated carbocycles. The Labute approximate surface area is 118 Å². The molecule has 1 heterocycles. The molecule has 2 rings (SSSR count). The minimum atomic E-state index is -3.74. The molecule has 0 amide bonds. The van der Waals surface area contributed by atoms with Crippen LogP contribution in [0.3, 0.4) is 0 Å². The molecule has 20 heavy (non-hydrogen) atoms. The molecule has 108 valence electrons. The predicted octanol–water partition coefficient (Wildman–Crippen LogP) is 0.640. The normalized spacial score (nSPS) is 22.6. The molecule has 7 heteroatoms. The number of hydrogen-bond acceptors (Lipinski definition) is 5. The van der Waals surface area contributed by atoms with Crippen molar-refractivity contribution in [2.45, 2.75) is 24.2 Å². The number of rotatable bonds is 5. The highest BCUT2D eigenvalue weighted by atomic mass is 32.2. The van der Waals surface area contributed by atoms with Gasteiger partial charge >= 0.3 is 0 Å². The summed E-state index contributed by atoms with van der Waals surface area (Å²) in [5, 5.41) is 18.1. The van der Waals surface area contributed by atoms with Gasteiger partial charge in [0.15, 0.2) is 5.69 Å². The highest BCUT2D eigenvalue weighted by molar-refractivity contribution is 7.89. The van der Waals surface area contributed by atoms with Crippen LogP contribution in [0.2, 0.25) is 0 Å². The van der Waals surface area contributed by atoms with E-state index in [9.17, 15) is 13.5 Å². The number of nitrogens with zero attached hydrogens (tertiary/aromatic N) is 2. The van der Waals surface area contributed by atoms with Crippen LogP contribution in [0.15, 0.2) is 23.2 Å². The summed E-state index contributed by atoms with van der Waals surface area (Å²) >= 11 is 0. The first-order valence-corrected chi connectivity index (χ1v) is 8.02. The molecule has 0 saturated heterocycles. The van der Waals surface area contributed by atoms with E-state index in [2.05, 4.69) is 9.71 Å². The molecule has 1 aliphatic rings. The fourth-order valence-corrected chi connectivity index (χ4v) is 3.81. The van der Waals surface area contributed by atoms with Gasteiger partial charge in [-0.3, -0.25) is 0 Å². The molecule has 2 N–H and O–H groups in total. The lowest BCUT2D eigenvalue weighted by Gasteiger charge is -2.17. The van der Waals surface area contributed by atoms with Gasteiger partial charge in [-0.15, -0.1) is 0 Å². The van der Waals surface area contributed by atoms with Crippen LogP contribution >= 0.6 is 0 Å². The van der Waals surface area contributed by atoms with Gasteiger partial charge in [0.1, 0.15) is 11.0 Å². The fourth-order valence-electron chi connectivity index (χ4n) is 2.61. The Morgan fingerprint density at radius 1 is 1.45 bits per heavy atom. The molecule has 0 radical (unpaired) electrons. The van der Waals surface area contributed by atoms with Gasteiger partial charge in [0, 0.05) is 19.3 Å². The van der Waals surface area contributed by atoms with Crippen molar-refractivity contribution in [3.05, 3.63) is 24.0 Å². The molecule has 6 nitrogen and oxygen atoms in total. The third-order valence-corrected chi connectivity index (χ3v) is 5.21. The van der Waals surface area contributed by atoms with E-state index in [1.807, 2.05) is 0 Å². The molecule has 0 aliphatic heterocycles. The maximum Gasteiger partial charge on any atom is 0.243 e. The first-order valence-electron chi connectivity index (χ1n) is 6.54. The molecule has 2 atom stereocenters. The third kappa shape index (κ3) is 3.15. The maximum absolute atomic E-state index is 12.2. The molecule has 0 aromatic carbocycles. The van der Waals surface area contributed by atoms with Crippen molar-refractivity contribution in [1.29, 1.82) is 5.26 Å². The zero-order chi connectivity index (χ0) is 14.6. The number of nitrogens with one attached hydrogen (secondary N) is 1. The van der Waals surface area contributed by atoms with E-state index >= 15 is 0 Å². The monoisotopic (exact) mass is 295 g/mol. The van der Waals surface area contributed by atoms with Gasteiger partial charge in [-0.25, -0.2) is 18.1 Å². The van der Waals surface area contributed by atoms with Gasteiger partial charge in [0.2, 0.25) is 10.0 Å². The Bertz CT molecular complexity index is 610. The Morgan fingerprint density at radius 3 is 2.90 bits per heavy atom. The Balaban J connectivity index is 2.10. The molecular formula is C13H17N3O3S. The van der Waals surface area contributed by atoms with Gasteiger partial charge in [-0.2, -0.15) is 5.26 Å². The topological polar surface area (TPSA) is 103 Å². The lowest BCUT2D eigenvalue weighted by Crippen LogP contribution is -2.32. The van der Waals surface area contributed by atoms with E-state index in [1.54, 1.807) is 6.07 Å². The predicted molar refractivity (Wildman–Crippen MR) is 72.1 cm³/mol. The lowest BCUT2D eigenvalue weighted by atomic mass is 9.97. The van der Waals surface area contributed by atoms with Crippen LogP contribution in [-0.2, 0) is 10.0 Å². The van der Waals surface area contributed by atoms with Crippen molar-refractivity contribution in [3.63, 3.8) is 0 Å². The molecular weight excluding hydrogens is 278 g/mol. The number of sulfonamides is 1. The second-order valence-corrected chi connectivity index (χ2v) is 6.68. The van der Waals surface area contributed by atoms with Gasteiger partial charge in [0.05, 0.1) is 0 Å². The van der Waals surface area contributed by atoms with E-state index in [4.69, 9.17) is 5.26 Å². The number of pyridine rings is 1. The largest absolute Gasteiger partial charge is 0.396 e. The van der Waals surface area contributed by atoms with Crippen LogP contribution in [0.1, 0.15) is 25.0 Å². The second-order valence-electron chi connectivity index (χ2n) is 4.95. The van der Waals surface area contributed by atoms with E-state index in [-0.39, 0.29) is 35.6 Å². The summed E-state index contributed by atoms with van der Waals surface area (Å²) in [5.41, 5.74) is -0.106. The zero-order valence-electron chi connectivity index (χ0n) is 11.0. The van der Waals surface area contributed by atoms with Crippen molar-refractivity contribution < 1.29 is 13.5 Å². The maximum atomic E-state index is 12.2. The third-order valence-electron chi connectivity index (χ3n) is 3.75. The highest BCUT2D eigenvalue weighted by Gasteiger charge is 2.28. The van der Waals surface area contributed by atoms with Crippen LogP contribution < -0.4 is 4.72 Å². The van der Waals surface area contributed by atoms with Crippen molar-refractivity contribution in [2.24, 2.45) is 11.8 Å². The van der Waals surface area contributed by atoms with Gasteiger partial charge in [0.25, 0.3) is 0 Å². The fraction of sp³-hybridized carbons (Fsp3) is 0.538. The second kappa shape index (κ2) is 6.31. The number of nitriles is 1. The number of aliphatic hydroxyl groups is 1. The summed E-state index contributed by atoms with van der Waals surface area (Å²) in [7, 11) is -3.74. The summed E-state index contributed by atoms with van der Waals surface area (Å²) < 4.78 is 26.9. The van der Waals surface area contributed by atoms with Gasteiger partial charge < -0.3 is 5.11 Å². The van der Waals surface area contributed by atoms with E-state index < -0.39 is 10.0 Å². The Hall–Kier alpha value is -1.49. The van der Waals surface area contributed by atoms with E-state index in [0.29, 0.717) is 0 Å². The lowest BCUT2D eigenvalue weighted by molar-refractivity contribution is 0.195. The molecule has 1 fully saturated rings. The first kappa shape index (κ1) is 14.9. The molecule has 1 aromatic heterocycles. The van der Waals surface area contributed by atoms with Crippen LogP contribution in [0.4, 0.5) is 0 Å². The van der Waals surface area contributed by atoms with Crippen molar-refractivity contribution in [3.8, 4) is 6.07 Å². The molecule has 2 unspecified atom stereocenters. The Morgan fingerprint density at radius 2 is 2.20 bits per heavy atom. The van der Waals surface area contributed by atoms with E-state index in [1.165, 1.54) is 18.3 Å². The minimum Gasteiger partial charge on any atom is -0.396 e. The van der Waals surface area contributed by atoms with E-state index in [0.717, 1.165) is 19.3 Å². The number of hydrogen-bond donors (Lipinski definition) is 2. The van der Waals surface area contributed by atoms with Gasteiger partial charge in [-0.05, 0) is 36.8 Å². The summed E-state index contributed by atoms with van der Waals surface area (Å²) in [6, 6.07) is 4.63. The summed E-state index contributed by atoms with van der Waals surface area (Å²) in [4.78, 5) is 3.66. The molecule has 0 bridgehead atoms. The van der Waals surface area contributed by atoms with Crippen LogP contribution in [0.5, 0.6) is 0 Å². The SMILES string of the molecule is N#Cc1ncccc1S(=O)(=O)NCC1CCCC1CO. The first-order chi connectivity index (χ1) is 9.58. The van der Waals surface area contributed by atoms with Crippen molar-refractivity contribution >= 4 is 10.0 Å². The molecule has 0 spiro atoms. The minimum absolute atomic E-state index is 0.0860. The number of aromatic nitrogens is 1. The Kier molecular flexibility index (Phi) is 4.70. The molecule has 1 aliphatic carbocycles. The van der Waals surface area contributed by atoms with Crippen molar-refractivity contribution in [2.75, 3.05) is 13.2 Å². The average Bonchev–Trinajstić information content (AvgIpc) is 2.92. The van der Waals surface area contributed by atoms with Crippen LogP contribution in [0.25, 0.3) is 0 Å². The number of aliphatic hydroxyl groups excluding tert-OH is 1. The molecule has 1 aromatic rings. The summed E-state index contributed by atoms with van der Waals surface area (Å²) in [5.74, 6) is 0.305. The van der Waals surface area contributed by atoms with Crippen molar-refractivity contribution in [1.82, 2.24) is 9.71 Å². The quantitative estimate of drug-likeness (QED) is 0.829. The van der Waals surface area contributed by atoms with Gasteiger partial charge in [-0.1, -0.05) is 6.42 Å². The zero-order valence-corrected chi connectivity index (χ0v) is 11.8. The summed E-state index contributed by atoms with van der Waals surface area (Å²) in [6.45, 7) is 0.371.